The van der Waals surface area contributed by atoms with E-state index >= 15 is 0 Å². The number of carbonyl (C=O) groups is 2. The lowest BCUT2D eigenvalue weighted by Gasteiger charge is -2.32. The van der Waals surface area contributed by atoms with Gasteiger partial charge in [-0.1, -0.05) is 0 Å². The Morgan fingerprint density at radius 3 is 2.29 bits per heavy atom. The Labute approximate surface area is 119 Å². The smallest absolute Gasteiger partial charge is 0.345 e. The van der Waals surface area contributed by atoms with Gasteiger partial charge in [0.25, 0.3) is 5.91 Å². The van der Waals surface area contributed by atoms with Crippen LogP contribution in [0.2, 0.25) is 0 Å². The van der Waals surface area contributed by atoms with Crippen molar-refractivity contribution in [3.05, 3.63) is 30.1 Å². The van der Waals surface area contributed by atoms with Crippen LogP contribution in [-0.2, 0) is 4.79 Å². The maximum atomic E-state index is 12.1. The number of alkyl halides is 3. The molecule has 0 atom stereocenters. The summed E-state index contributed by atoms with van der Waals surface area (Å²) in [6.45, 7) is 0.619. The monoisotopic (exact) mass is 301 g/mol. The molecule has 0 unspecified atom stereocenters. The molecule has 0 spiro atoms. The number of aromatic nitrogens is 1. The van der Waals surface area contributed by atoms with Crippen LogP contribution in [0.15, 0.2) is 24.5 Å². The van der Waals surface area contributed by atoms with Gasteiger partial charge in [0, 0.05) is 37.1 Å². The molecule has 2 heterocycles. The summed E-state index contributed by atoms with van der Waals surface area (Å²) in [5, 5.41) is 1.95. The molecule has 1 aromatic heterocycles. The molecule has 0 aromatic carbocycles. The van der Waals surface area contributed by atoms with Gasteiger partial charge in [0.05, 0.1) is 0 Å². The summed E-state index contributed by atoms with van der Waals surface area (Å²) in [6, 6.07) is 2.61. The van der Waals surface area contributed by atoms with Gasteiger partial charge in [-0.25, -0.2) is 0 Å². The third kappa shape index (κ3) is 3.93. The molecule has 2 rings (SSSR count). The number of carbonyl (C=O) groups excluding carboxylic acids is 2. The number of pyridine rings is 1. The Balaban J connectivity index is 1.86. The first-order chi connectivity index (χ1) is 9.88. The van der Waals surface area contributed by atoms with Gasteiger partial charge < -0.3 is 10.2 Å². The van der Waals surface area contributed by atoms with Crippen LogP contribution in [0.25, 0.3) is 0 Å². The quantitative estimate of drug-likeness (QED) is 0.897. The molecular formula is C13H14F3N3O2. The lowest BCUT2D eigenvalue weighted by atomic mass is 10.0. The molecule has 1 aliphatic heterocycles. The first kappa shape index (κ1) is 15.3. The summed E-state index contributed by atoms with van der Waals surface area (Å²) >= 11 is 0. The number of amides is 2. The zero-order chi connectivity index (χ0) is 15.5. The van der Waals surface area contributed by atoms with Crippen LogP contribution in [0.5, 0.6) is 0 Å². The van der Waals surface area contributed by atoms with Gasteiger partial charge in [-0.05, 0) is 25.0 Å². The van der Waals surface area contributed by atoms with Crippen LogP contribution in [0, 0.1) is 0 Å². The molecule has 5 nitrogen and oxygen atoms in total. The number of nitrogens with zero attached hydrogens (tertiary/aromatic N) is 2. The van der Waals surface area contributed by atoms with Gasteiger partial charge in [-0.15, -0.1) is 0 Å². The molecule has 1 N–H and O–H groups in total. The Hall–Kier alpha value is -2.12. The second kappa shape index (κ2) is 6.11. The predicted octanol–water partition coefficient (Wildman–Crippen LogP) is 1.36. The van der Waals surface area contributed by atoms with Crippen molar-refractivity contribution in [1.29, 1.82) is 0 Å². The molecule has 0 bridgehead atoms. The SMILES string of the molecule is O=C(c1ccncc1)N1CCC(NC(=O)C(F)(F)F)CC1. The van der Waals surface area contributed by atoms with Crippen molar-refractivity contribution >= 4 is 11.8 Å². The highest BCUT2D eigenvalue weighted by Gasteiger charge is 2.40. The molecule has 1 aromatic rings. The highest BCUT2D eigenvalue weighted by Crippen LogP contribution is 2.18. The van der Waals surface area contributed by atoms with E-state index < -0.39 is 18.1 Å². The predicted molar refractivity (Wildman–Crippen MR) is 67.4 cm³/mol. The Morgan fingerprint density at radius 2 is 1.76 bits per heavy atom. The minimum Gasteiger partial charge on any atom is -0.345 e. The normalized spacial score (nSPS) is 16.6. The number of rotatable bonds is 2. The van der Waals surface area contributed by atoms with Crippen LogP contribution < -0.4 is 5.32 Å². The van der Waals surface area contributed by atoms with E-state index in [9.17, 15) is 22.8 Å². The van der Waals surface area contributed by atoms with E-state index in [1.165, 1.54) is 12.4 Å². The number of hydrogen-bond acceptors (Lipinski definition) is 3. The zero-order valence-electron chi connectivity index (χ0n) is 11.1. The van der Waals surface area contributed by atoms with E-state index in [-0.39, 0.29) is 5.91 Å². The molecule has 0 radical (unpaired) electrons. The molecular weight excluding hydrogens is 287 g/mol. The second-order valence-electron chi connectivity index (χ2n) is 4.77. The molecule has 1 saturated heterocycles. The minimum absolute atomic E-state index is 0.182. The average molecular weight is 301 g/mol. The number of piperidine rings is 1. The first-order valence-electron chi connectivity index (χ1n) is 6.45. The first-order valence-corrected chi connectivity index (χ1v) is 6.45. The molecule has 2 amide bonds. The van der Waals surface area contributed by atoms with Gasteiger partial charge in [0.1, 0.15) is 0 Å². The van der Waals surface area contributed by atoms with Crippen LogP contribution in [0.4, 0.5) is 13.2 Å². The fourth-order valence-corrected chi connectivity index (χ4v) is 2.17. The van der Waals surface area contributed by atoms with E-state index in [1.54, 1.807) is 17.0 Å². The summed E-state index contributed by atoms with van der Waals surface area (Å²) < 4.78 is 36.4. The number of likely N-dealkylation sites (tertiary alicyclic amines) is 1. The molecule has 1 aliphatic rings. The van der Waals surface area contributed by atoms with Crippen LogP contribution in [0.1, 0.15) is 23.2 Å². The Bertz CT molecular complexity index is 511. The van der Waals surface area contributed by atoms with Crippen molar-refractivity contribution < 1.29 is 22.8 Å². The molecule has 0 saturated carbocycles. The lowest BCUT2D eigenvalue weighted by Crippen LogP contribution is -2.49. The molecule has 114 valence electrons. The van der Waals surface area contributed by atoms with E-state index in [2.05, 4.69) is 4.98 Å². The zero-order valence-corrected chi connectivity index (χ0v) is 11.1. The standard InChI is InChI=1S/C13H14F3N3O2/c14-13(15,16)12(21)18-10-3-7-19(8-4-10)11(20)9-1-5-17-6-2-9/h1-2,5-6,10H,3-4,7-8H2,(H,18,21). The largest absolute Gasteiger partial charge is 0.471 e. The molecule has 1 fully saturated rings. The highest BCUT2D eigenvalue weighted by molar-refractivity contribution is 5.94. The number of hydrogen-bond donors (Lipinski definition) is 1. The van der Waals surface area contributed by atoms with Crippen LogP contribution in [-0.4, -0.2) is 47.0 Å². The summed E-state index contributed by atoms with van der Waals surface area (Å²) in [6.07, 6.45) is -1.26. The Morgan fingerprint density at radius 1 is 1.19 bits per heavy atom. The van der Waals surface area contributed by atoms with Crippen molar-refractivity contribution in [1.82, 2.24) is 15.2 Å². The van der Waals surface area contributed by atoms with Gasteiger partial charge in [-0.2, -0.15) is 13.2 Å². The van der Waals surface area contributed by atoms with Crippen molar-refractivity contribution in [2.45, 2.75) is 25.1 Å². The highest BCUT2D eigenvalue weighted by atomic mass is 19.4. The molecule has 0 aliphatic carbocycles. The summed E-state index contributed by atoms with van der Waals surface area (Å²) in [7, 11) is 0. The molecule has 8 heteroatoms. The fraction of sp³-hybridized carbons (Fsp3) is 0.462. The van der Waals surface area contributed by atoms with Crippen molar-refractivity contribution in [2.24, 2.45) is 0 Å². The van der Waals surface area contributed by atoms with Crippen molar-refractivity contribution in [3.8, 4) is 0 Å². The van der Waals surface area contributed by atoms with Gasteiger partial charge in [0.15, 0.2) is 0 Å². The van der Waals surface area contributed by atoms with Crippen molar-refractivity contribution in [3.63, 3.8) is 0 Å². The number of halogens is 3. The minimum atomic E-state index is -4.87. The van der Waals surface area contributed by atoms with E-state index in [1.807, 2.05) is 5.32 Å². The topological polar surface area (TPSA) is 62.3 Å². The fourth-order valence-electron chi connectivity index (χ4n) is 2.17. The maximum absolute atomic E-state index is 12.1. The maximum Gasteiger partial charge on any atom is 0.471 e. The van der Waals surface area contributed by atoms with Crippen LogP contribution >= 0.6 is 0 Å². The third-order valence-electron chi connectivity index (χ3n) is 3.30. The van der Waals surface area contributed by atoms with E-state index in [4.69, 9.17) is 0 Å². The Kier molecular flexibility index (Phi) is 4.44. The average Bonchev–Trinajstić information content (AvgIpc) is 2.47. The second-order valence-corrected chi connectivity index (χ2v) is 4.77. The number of nitrogens with one attached hydrogen (secondary N) is 1. The van der Waals surface area contributed by atoms with E-state index in [0.717, 1.165) is 0 Å². The summed E-state index contributed by atoms with van der Waals surface area (Å²) in [5.74, 6) is -2.11. The van der Waals surface area contributed by atoms with E-state index in [0.29, 0.717) is 31.5 Å². The summed E-state index contributed by atoms with van der Waals surface area (Å²) in [4.78, 5) is 28.3. The van der Waals surface area contributed by atoms with Gasteiger partial charge in [0.2, 0.25) is 0 Å². The summed E-state index contributed by atoms with van der Waals surface area (Å²) in [5.41, 5.74) is 0.489. The van der Waals surface area contributed by atoms with Gasteiger partial charge >= 0.3 is 12.1 Å². The molecule has 21 heavy (non-hydrogen) atoms. The van der Waals surface area contributed by atoms with Gasteiger partial charge in [-0.3, -0.25) is 14.6 Å². The van der Waals surface area contributed by atoms with Crippen molar-refractivity contribution in [2.75, 3.05) is 13.1 Å². The lowest BCUT2D eigenvalue weighted by molar-refractivity contribution is -0.174. The van der Waals surface area contributed by atoms with Crippen LogP contribution in [0.3, 0.4) is 0 Å². The third-order valence-corrected chi connectivity index (χ3v) is 3.30.